The lowest BCUT2D eigenvalue weighted by atomic mass is 9.81. The van der Waals surface area contributed by atoms with E-state index < -0.39 is 0 Å². The first-order chi connectivity index (χ1) is 13.1. The number of carbonyl (C=O) groups is 1. The molecule has 0 aromatic heterocycles. The van der Waals surface area contributed by atoms with Crippen molar-refractivity contribution in [2.45, 2.75) is 70.6 Å². The first-order valence-electron chi connectivity index (χ1n) is 10.3. The van der Waals surface area contributed by atoms with Gasteiger partial charge in [-0.25, -0.2) is 0 Å². The third-order valence-electron chi connectivity index (χ3n) is 6.26. The van der Waals surface area contributed by atoms with Crippen LogP contribution in [0.15, 0.2) is 48.5 Å². The Bertz CT molecular complexity index is 767. The number of hydrogen-bond acceptors (Lipinski definition) is 2. The molecule has 0 saturated carbocycles. The van der Waals surface area contributed by atoms with Gasteiger partial charge in [-0.2, -0.15) is 0 Å². The SMILES string of the molecule is Cc1ccc(CN2[C@@H]3CCC[C@H]2CC(NC(=O)c2ccc(C)cc2)C3)cc1. The number of nitrogens with zero attached hydrogens (tertiary/aromatic N) is 1. The van der Waals surface area contributed by atoms with Crippen molar-refractivity contribution in [1.82, 2.24) is 10.2 Å². The molecule has 3 atom stereocenters. The van der Waals surface area contributed by atoms with E-state index in [4.69, 9.17) is 0 Å². The van der Waals surface area contributed by atoms with Crippen LogP contribution in [0.1, 0.15) is 59.2 Å². The van der Waals surface area contributed by atoms with Gasteiger partial charge >= 0.3 is 0 Å². The second kappa shape index (κ2) is 7.85. The Morgan fingerprint density at radius 3 is 2.07 bits per heavy atom. The van der Waals surface area contributed by atoms with E-state index in [2.05, 4.69) is 41.4 Å². The van der Waals surface area contributed by atoms with Gasteiger partial charge < -0.3 is 5.32 Å². The average Bonchev–Trinajstić information content (AvgIpc) is 2.64. The van der Waals surface area contributed by atoms with Crippen LogP contribution in [-0.2, 0) is 6.54 Å². The molecular weight excluding hydrogens is 332 g/mol. The van der Waals surface area contributed by atoms with E-state index in [0.717, 1.165) is 24.9 Å². The zero-order valence-corrected chi connectivity index (χ0v) is 16.4. The summed E-state index contributed by atoms with van der Waals surface area (Å²) in [6, 6.07) is 18.3. The third kappa shape index (κ3) is 4.24. The second-order valence-electron chi connectivity index (χ2n) is 8.40. The van der Waals surface area contributed by atoms with Gasteiger partial charge in [0.1, 0.15) is 0 Å². The Kier molecular flexibility index (Phi) is 5.31. The maximum atomic E-state index is 12.6. The summed E-state index contributed by atoms with van der Waals surface area (Å²) in [5, 5.41) is 3.31. The highest BCUT2D eigenvalue weighted by Gasteiger charge is 2.38. The van der Waals surface area contributed by atoms with Gasteiger partial charge in [0.05, 0.1) is 0 Å². The number of hydrogen-bond donors (Lipinski definition) is 1. The first-order valence-corrected chi connectivity index (χ1v) is 10.3. The number of piperidine rings is 2. The van der Waals surface area contributed by atoms with Crippen LogP contribution >= 0.6 is 0 Å². The van der Waals surface area contributed by atoms with Crippen LogP contribution in [0.4, 0.5) is 0 Å². The molecule has 2 aliphatic heterocycles. The van der Waals surface area contributed by atoms with Crippen molar-refractivity contribution >= 4 is 5.91 Å². The Morgan fingerprint density at radius 2 is 1.48 bits per heavy atom. The molecule has 2 aromatic rings. The lowest BCUT2D eigenvalue weighted by molar-refractivity contribution is 0.0177. The van der Waals surface area contributed by atoms with E-state index in [1.807, 2.05) is 31.2 Å². The summed E-state index contributed by atoms with van der Waals surface area (Å²) < 4.78 is 0. The van der Waals surface area contributed by atoms with Crippen molar-refractivity contribution in [3.8, 4) is 0 Å². The fourth-order valence-electron chi connectivity index (χ4n) is 4.73. The van der Waals surface area contributed by atoms with E-state index in [-0.39, 0.29) is 5.91 Å². The molecule has 142 valence electrons. The van der Waals surface area contributed by atoms with E-state index >= 15 is 0 Å². The molecule has 0 spiro atoms. The maximum Gasteiger partial charge on any atom is 0.251 e. The molecule has 3 heteroatoms. The molecule has 2 aromatic carbocycles. The van der Waals surface area contributed by atoms with Gasteiger partial charge in [0.15, 0.2) is 0 Å². The van der Waals surface area contributed by atoms with Crippen LogP contribution in [-0.4, -0.2) is 28.9 Å². The molecule has 27 heavy (non-hydrogen) atoms. The lowest BCUT2D eigenvalue weighted by Crippen LogP contribution is -2.56. The van der Waals surface area contributed by atoms with Crippen LogP contribution in [0.3, 0.4) is 0 Å². The van der Waals surface area contributed by atoms with E-state index in [9.17, 15) is 4.79 Å². The molecule has 4 rings (SSSR count). The molecule has 2 heterocycles. The standard InChI is InChI=1S/C24H30N2O/c1-17-6-10-19(11-7-17)16-26-22-4-3-5-23(26)15-21(14-22)25-24(27)20-12-8-18(2)9-13-20/h6-13,21-23H,3-5,14-16H2,1-2H3,(H,25,27)/t21?,22-,23+. The number of nitrogens with one attached hydrogen (secondary N) is 1. The molecule has 1 unspecified atom stereocenters. The third-order valence-corrected chi connectivity index (χ3v) is 6.26. The molecule has 1 N–H and O–H groups in total. The van der Waals surface area contributed by atoms with Crippen molar-refractivity contribution in [2.24, 2.45) is 0 Å². The number of fused-ring (bicyclic) bond motifs is 2. The van der Waals surface area contributed by atoms with Gasteiger partial charge in [-0.3, -0.25) is 9.69 Å². The Labute approximate surface area is 162 Å². The quantitative estimate of drug-likeness (QED) is 0.861. The minimum Gasteiger partial charge on any atom is -0.349 e. The fraction of sp³-hybridized carbons (Fsp3) is 0.458. The molecule has 2 saturated heterocycles. The lowest BCUT2D eigenvalue weighted by Gasteiger charge is -2.49. The van der Waals surface area contributed by atoms with Gasteiger partial charge in [-0.1, -0.05) is 53.9 Å². The number of rotatable bonds is 4. The van der Waals surface area contributed by atoms with Crippen LogP contribution < -0.4 is 5.32 Å². The van der Waals surface area contributed by atoms with Crippen LogP contribution in [0.25, 0.3) is 0 Å². The topological polar surface area (TPSA) is 32.3 Å². The molecule has 0 radical (unpaired) electrons. The van der Waals surface area contributed by atoms with Gasteiger partial charge in [-0.15, -0.1) is 0 Å². The van der Waals surface area contributed by atoms with Crippen molar-refractivity contribution in [1.29, 1.82) is 0 Å². The van der Waals surface area contributed by atoms with E-state index in [1.54, 1.807) is 0 Å². The van der Waals surface area contributed by atoms with Crippen molar-refractivity contribution in [3.05, 3.63) is 70.8 Å². The van der Waals surface area contributed by atoms with Crippen molar-refractivity contribution in [3.63, 3.8) is 0 Å². The minimum absolute atomic E-state index is 0.0741. The first kappa shape index (κ1) is 18.2. The Morgan fingerprint density at radius 1 is 0.926 bits per heavy atom. The number of carbonyl (C=O) groups excluding carboxylic acids is 1. The zero-order chi connectivity index (χ0) is 18.8. The highest BCUT2D eigenvalue weighted by atomic mass is 16.1. The van der Waals surface area contributed by atoms with Crippen LogP contribution in [0.2, 0.25) is 0 Å². The summed E-state index contributed by atoms with van der Waals surface area (Å²) in [6.07, 6.45) is 5.96. The Balaban J connectivity index is 1.40. The summed E-state index contributed by atoms with van der Waals surface area (Å²) in [7, 11) is 0. The fourth-order valence-corrected chi connectivity index (χ4v) is 4.73. The summed E-state index contributed by atoms with van der Waals surface area (Å²) in [5.41, 5.74) is 4.68. The average molecular weight is 363 g/mol. The zero-order valence-electron chi connectivity index (χ0n) is 16.4. The number of benzene rings is 2. The Hall–Kier alpha value is -2.13. The molecular formula is C24H30N2O. The minimum atomic E-state index is 0.0741. The number of amides is 1. The summed E-state index contributed by atoms with van der Waals surface area (Å²) >= 11 is 0. The van der Waals surface area contributed by atoms with Crippen LogP contribution in [0.5, 0.6) is 0 Å². The molecule has 2 fully saturated rings. The smallest absolute Gasteiger partial charge is 0.251 e. The number of aryl methyl sites for hydroxylation is 2. The largest absolute Gasteiger partial charge is 0.349 e. The maximum absolute atomic E-state index is 12.6. The molecule has 2 bridgehead atoms. The van der Waals surface area contributed by atoms with Gasteiger partial charge in [0, 0.05) is 30.2 Å². The van der Waals surface area contributed by atoms with E-state index in [1.165, 1.54) is 36.0 Å². The summed E-state index contributed by atoms with van der Waals surface area (Å²) in [4.78, 5) is 15.3. The van der Waals surface area contributed by atoms with Crippen molar-refractivity contribution in [2.75, 3.05) is 0 Å². The highest BCUT2D eigenvalue weighted by molar-refractivity contribution is 5.94. The summed E-state index contributed by atoms with van der Waals surface area (Å²) in [5.74, 6) is 0.0741. The van der Waals surface area contributed by atoms with Gasteiger partial charge in [-0.05, 0) is 57.2 Å². The van der Waals surface area contributed by atoms with Crippen molar-refractivity contribution < 1.29 is 4.79 Å². The van der Waals surface area contributed by atoms with E-state index in [0.29, 0.717) is 18.1 Å². The summed E-state index contributed by atoms with van der Waals surface area (Å²) in [6.45, 7) is 5.22. The molecule has 1 amide bonds. The molecule has 3 nitrogen and oxygen atoms in total. The normalized spacial score (nSPS) is 25.2. The van der Waals surface area contributed by atoms with Gasteiger partial charge in [0.25, 0.3) is 5.91 Å². The van der Waals surface area contributed by atoms with Gasteiger partial charge in [0.2, 0.25) is 0 Å². The predicted octanol–water partition coefficient (Wildman–Crippen LogP) is 4.62. The van der Waals surface area contributed by atoms with Crippen LogP contribution in [0, 0.1) is 13.8 Å². The molecule has 0 aliphatic carbocycles. The highest BCUT2D eigenvalue weighted by Crippen LogP contribution is 2.35. The monoisotopic (exact) mass is 362 g/mol. The second-order valence-corrected chi connectivity index (χ2v) is 8.40. The molecule has 2 aliphatic rings. The predicted molar refractivity (Wildman–Crippen MR) is 110 cm³/mol.